The van der Waals surface area contributed by atoms with Crippen LogP contribution in [0.4, 0.5) is 5.82 Å². The summed E-state index contributed by atoms with van der Waals surface area (Å²) in [5, 5.41) is 5.57. The maximum absolute atomic E-state index is 6.31. The summed E-state index contributed by atoms with van der Waals surface area (Å²) < 4.78 is 9.07. The van der Waals surface area contributed by atoms with Gasteiger partial charge in [0.15, 0.2) is 0 Å². The Bertz CT molecular complexity index is 1170. The Labute approximate surface area is 167 Å². The molecule has 1 aliphatic rings. The van der Waals surface area contributed by atoms with Crippen LogP contribution in [0.3, 0.4) is 0 Å². The maximum Gasteiger partial charge on any atom is 0.146 e. The number of nitrogens with zero attached hydrogens (tertiary/aromatic N) is 3. The fraction of sp³-hybridized carbons (Fsp3) is 0.333. The van der Waals surface area contributed by atoms with Crippen molar-refractivity contribution in [3.8, 4) is 16.2 Å². The van der Waals surface area contributed by atoms with E-state index in [0.29, 0.717) is 11.9 Å². The van der Waals surface area contributed by atoms with Gasteiger partial charge in [0.2, 0.25) is 0 Å². The summed E-state index contributed by atoms with van der Waals surface area (Å²) in [5.41, 5.74) is 9.53. The van der Waals surface area contributed by atoms with Crippen molar-refractivity contribution in [1.82, 2.24) is 19.9 Å². The summed E-state index contributed by atoms with van der Waals surface area (Å²) in [6, 6.07) is 6.93. The molecule has 1 aliphatic heterocycles. The van der Waals surface area contributed by atoms with E-state index in [1.54, 1.807) is 24.8 Å². The van der Waals surface area contributed by atoms with Crippen LogP contribution in [0.25, 0.3) is 31.6 Å². The van der Waals surface area contributed by atoms with Crippen molar-refractivity contribution in [2.45, 2.75) is 25.8 Å². The summed E-state index contributed by atoms with van der Waals surface area (Å²) in [6.07, 6.45) is 5.96. The normalized spacial score (nSPS) is 15.5. The molecule has 1 fully saturated rings. The van der Waals surface area contributed by atoms with Crippen LogP contribution in [0.5, 0.6) is 5.75 Å². The summed E-state index contributed by atoms with van der Waals surface area (Å²) in [6.45, 7) is 4.15. The highest BCUT2D eigenvalue weighted by atomic mass is 32.1. The SMILES string of the molecule is COc1cc(C)cc2cc(-c3cn(C4CCNCC4)c4ncnc(N)c34)sc12. The molecule has 0 atom stereocenters. The standard InChI is InChI=1S/C21H23N5OS/c1-12-7-13-9-17(28-19(13)16(8-12)27-2)15-10-26(14-3-5-23-6-4-14)21-18(15)20(22)24-11-25-21/h7-11,14,23H,3-6H2,1-2H3,(H2,22,24,25). The van der Waals surface area contributed by atoms with Crippen LogP contribution < -0.4 is 15.8 Å². The zero-order chi connectivity index (χ0) is 19.3. The van der Waals surface area contributed by atoms with Crippen LogP contribution in [0, 0.1) is 6.92 Å². The Morgan fingerprint density at radius 2 is 2.04 bits per heavy atom. The average Bonchev–Trinajstić information content (AvgIpc) is 3.30. The number of rotatable bonds is 3. The number of thiophene rings is 1. The van der Waals surface area contributed by atoms with Crippen LogP contribution in [0.1, 0.15) is 24.4 Å². The summed E-state index contributed by atoms with van der Waals surface area (Å²) >= 11 is 1.73. The third-order valence-electron chi connectivity index (χ3n) is 5.55. The molecule has 4 aromatic rings. The first-order valence-corrected chi connectivity index (χ1v) is 10.4. The number of nitrogens with one attached hydrogen (secondary N) is 1. The number of anilines is 1. The molecule has 0 saturated carbocycles. The first-order valence-electron chi connectivity index (χ1n) is 9.56. The molecule has 3 N–H and O–H groups in total. The average molecular weight is 394 g/mol. The predicted molar refractivity (Wildman–Crippen MR) is 115 cm³/mol. The van der Waals surface area contributed by atoms with Gasteiger partial charge in [0.05, 0.1) is 17.2 Å². The van der Waals surface area contributed by atoms with Crippen molar-refractivity contribution in [2.75, 3.05) is 25.9 Å². The second kappa shape index (κ2) is 6.76. The van der Waals surface area contributed by atoms with Gasteiger partial charge in [-0.3, -0.25) is 0 Å². The lowest BCUT2D eigenvalue weighted by atomic mass is 10.1. The number of hydrogen-bond donors (Lipinski definition) is 2. The lowest BCUT2D eigenvalue weighted by molar-refractivity contribution is 0.375. The fourth-order valence-corrected chi connectivity index (χ4v) is 5.36. The molecule has 0 aliphatic carbocycles. The third kappa shape index (κ3) is 2.73. The van der Waals surface area contributed by atoms with Crippen molar-refractivity contribution >= 4 is 38.3 Å². The van der Waals surface area contributed by atoms with Gasteiger partial charge in [0.1, 0.15) is 23.5 Å². The minimum absolute atomic E-state index is 0.429. The molecule has 0 bridgehead atoms. The zero-order valence-corrected chi connectivity index (χ0v) is 16.8. The van der Waals surface area contributed by atoms with Gasteiger partial charge in [-0.2, -0.15) is 0 Å². The quantitative estimate of drug-likeness (QED) is 0.547. The van der Waals surface area contributed by atoms with Gasteiger partial charge in [0, 0.05) is 22.7 Å². The van der Waals surface area contributed by atoms with Crippen molar-refractivity contribution in [3.05, 3.63) is 36.3 Å². The number of aromatic nitrogens is 3. The van der Waals surface area contributed by atoms with Gasteiger partial charge < -0.3 is 20.4 Å². The van der Waals surface area contributed by atoms with E-state index < -0.39 is 0 Å². The van der Waals surface area contributed by atoms with Crippen LogP contribution in [0.2, 0.25) is 0 Å². The van der Waals surface area contributed by atoms with Crippen LogP contribution in [0.15, 0.2) is 30.7 Å². The van der Waals surface area contributed by atoms with E-state index in [-0.39, 0.29) is 0 Å². The van der Waals surface area contributed by atoms with E-state index in [1.807, 2.05) is 0 Å². The first kappa shape index (κ1) is 17.5. The van der Waals surface area contributed by atoms with Gasteiger partial charge in [-0.25, -0.2) is 9.97 Å². The van der Waals surface area contributed by atoms with Crippen molar-refractivity contribution in [2.24, 2.45) is 0 Å². The number of piperidine rings is 1. The molecule has 0 amide bonds. The zero-order valence-electron chi connectivity index (χ0n) is 16.0. The van der Waals surface area contributed by atoms with Gasteiger partial charge in [-0.1, -0.05) is 6.07 Å². The molecule has 3 aromatic heterocycles. The second-order valence-corrected chi connectivity index (χ2v) is 8.44. The van der Waals surface area contributed by atoms with Crippen LogP contribution in [-0.4, -0.2) is 34.7 Å². The highest BCUT2D eigenvalue weighted by Crippen LogP contribution is 2.43. The number of hydrogen-bond acceptors (Lipinski definition) is 6. The van der Waals surface area contributed by atoms with E-state index in [2.05, 4.69) is 51.2 Å². The lowest BCUT2D eigenvalue weighted by Crippen LogP contribution is -2.29. The Morgan fingerprint density at radius 1 is 1.21 bits per heavy atom. The fourth-order valence-electron chi connectivity index (χ4n) is 4.21. The predicted octanol–water partition coefficient (Wildman–Crippen LogP) is 4.14. The summed E-state index contributed by atoms with van der Waals surface area (Å²) in [7, 11) is 1.72. The molecule has 7 heteroatoms. The molecule has 5 rings (SSSR count). The molecule has 6 nitrogen and oxygen atoms in total. The second-order valence-electron chi connectivity index (χ2n) is 7.38. The molecule has 4 heterocycles. The number of nitrogens with two attached hydrogens (primary N) is 1. The molecule has 1 saturated heterocycles. The van der Waals surface area contributed by atoms with Gasteiger partial charge >= 0.3 is 0 Å². The highest BCUT2D eigenvalue weighted by Gasteiger charge is 2.23. The van der Waals surface area contributed by atoms with Gasteiger partial charge in [0.25, 0.3) is 0 Å². The number of nitrogen functional groups attached to an aromatic ring is 1. The number of fused-ring (bicyclic) bond motifs is 2. The third-order valence-corrected chi connectivity index (χ3v) is 6.75. The van der Waals surface area contributed by atoms with Gasteiger partial charge in [-0.05, 0) is 55.9 Å². The van der Waals surface area contributed by atoms with E-state index in [9.17, 15) is 0 Å². The smallest absolute Gasteiger partial charge is 0.146 e. The summed E-state index contributed by atoms with van der Waals surface area (Å²) in [4.78, 5) is 10.0. The lowest BCUT2D eigenvalue weighted by Gasteiger charge is -2.24. The van der Waals surface area contributed by atoms with E-state index >= 15 is 0 Å². The maximum atomic E-state index is 6.31. The van der Waals surface area contributed by atoms with Crippen molar-refractivity contribution < 1.29 is 4.74 Å². The Morgan fingerprint density at radius 3 is 2.82 bits per heavy atom. The number of aryl methyl sites for hydroxylation is 1. The summed E-state index contributed by atoms with van der Waals surface area (Å²) in [5.74, 6) is 1.45. The molecule has 144 valence electrons. The molecular formula is C21H23N5OS. The Balaban J connectivity index is 1.74. The van der Waals surface area contributed by atoms with Crippen molar-refractivity contribution in [1.29, 1.82) is 0 Å². The Hall–Kier alpha value is -2.64. The minimum Gasteiger partial charge on any atom is -0.495 e. The van der Waals surface area contributed by atoms with E-state index in [4.69, 9.17) is 10.5 Å². The van der Waals surface area contributed by atoms with E-state index in [1.165, 1.54) is 10.9 Å². The topological polar surface area (TPSA) is 78.0 Å². The molecule has 0 unspecified atom stereocenters. The first-order chi connectivity index (χ1) is 13.7. The molecular weight excluding hydrogens is 370 g/mol. The number of ether oxygens (including phenoxy) is 1. The molecule has 28 heavy (non-hydrogen) atoms. The van der Waals surface area contributed by atoms with Crippen molar-refractivity contribution in [3.63, 3.8) is 0 Å². The minimum atomic E-state index is 0.429. The van der Waals surface area contributed by atoms with Gasteiger partial charge in [-0.15, -0.1) is 11.3 Å². The monoisotopic (exact) mass is 393 g/mol. The molecule has 0 radical (unpaired) electrons. The molecule has 1 aromatic carbocycles. The van der Waals surface area contributed by atoms with Crippen LogP contribution in [-0.2, 0) is 0 Å². The van der Waals surface area contributed by atoms with Crippen LogP contribution >= 0.6 is 11.3 Å². The molecule has 0 spiro atoms. The Kier molecular flexibility index (Phi) is 4.21. The van der Waals surface area contributed by atoms with E-state index in [0.717, 1.165) is 57.9 Å². The highest BCUT2D eigenvalue weighted by molar-refractivity contribution is 7.22. The number of benzene rings is 1. The largest absolute Gasteiger partial charge is 0.495 e. The number of methoxy groups -OCH3 is 1.